The Morgan fingerprint density at radius 2 is 1.88 bits per heavy atom. The second-order valence-electron chi connectivity index (χ2n) is 6.06. The third kappa shape index (κ3) is 3.50. The molecule has 1 aliphatic heterocycles. The molecule has 7 nitrogen and oxygen atoms in total. The summed E-state index contributed by atoms with van der Waals surface area (Å²) in [6.45, 7) is 3.15. The zero-order valence-corrected chi connectivity index (χ0v) is 14.0. The summed E-state index contributed by atoms with van der Waals surface area (Å²) < 4.78 is 23.4. The smallest absolute Gasteiger partial charge is 0.289 e. The molecule has 0 spiro atoms. The lowest BCUT2D eigenvalue weighted by Crippen LogP contribution is -2.48. The summed E-state index contributed by atoms with van der Waals surface area (Å²) >= 11 is 0. The van der Waals surface area contributed by atoms with Gasteiger partial charge in [-0.1, -0.05) is 5.16 Å². The Bertz CT molecular complexity index is 868. The highest BCUT2D eigenvalue weighted by atomic mass is 19.1. The van der Waals surface area contributed by atoms with E-state index in [-0.39, 0.29) is 11.7 Å². The Hall–Kier alpha value is -3.00. The number of hydrogen-bond donors (Lipinski definition) is 0. The van der Waals surface area contributed by atoms with Crippen LogP contribution in [0.4, 0.5) is 4.39 Å². The van der Waals surface area contributed by atoms with Gasteiger partial charge in [-0.05, 0) is 36.4 Å². The highest BCUT2D eigenvalue weighted by molar-refractivity contribution is 5.91. The molecule has 0 radical (unpaired) electrons. The Labute approximate surface area is 149 Å². The van der Waals surface area contributed by atoms with Crippen LogP contribution in [0.1, 0.15) is 16.4 Å². The van der Waals surface area contributed by atoms with Gasteiger partial charge in [-0.15, -0.1) is 0 Å². The molecule has 2 aromatic heterocycles. The van der Waals surface area contributed by atoms with Gasteiger partial charge in [-0.2, -0.15) is 4.98 Å². The maximum absolute atomic E-state index is 13.0. The largest absolute Gasteiger partial charge is 0.459 e. The van der Waals surface area contributed by atoms with Gasteiger partial charge in [0.25, 0.3) is 5.91 Å². The molecule has 0 saturated carbocycles. The van der Waals surface area contributed by atoms with Gasteiger partial charge in [0.2, 0.25) is 11.7 Å². The van der Waals surface area contributed by atoms with Crippen molar-refractivity contribution in [3.05, 3.63) is 60.1 Å². The van der Waals surface area contributed by atoms with Gasteiger partial charge < -0.3 is 13.8 Å². The number of amides is 1. The summed E-state index contributed by atoms with van der Waals surface area (Å²) in [7, 11) is 0. The molecule has 4 rings (SSSR count). The zero-order valence-electron chi connectivity index (χ0n) is 14.0. The Morgan fingerprint density at radius 3 is 2.58 bits per heavy atom. The second kappa shape index (κ2) is 7.09. The van der Waals surface area contributed by atoms with Crippen molar-refractivity contribution in [2.75, 3.05) is 26.2 Å². The van der Waals surface area contributed by atoms with Gasteiger partial charge in [-0.25, -0.2) is 4.39 Å². The third-order valence-corrected chi connectivity index (χ3v) is 4.32. The topological polar surface area (TPSA) is 75.6 Å². The van der Waals surface area contributed by atoms with Crippen LogP contribution in [-0.2, 0) is 6.54 Å². The molecular weight excluding hydrogens is 339 g/mol. The Balaban J connectivity index is 1.33. The van der Waals surface area contributed by atoms with Crippen LogP contribution in [0.2, 0.25) is 0 Å². The maximum Gasteiger partial charge on any atom is 0.289 e. The fourth-order valence-corrected chi connectivity index (χ4v) is 2.89. The zero-order chi connectivity index (χ0) is 17.9. The van der Waals surface area contributed by atoms with Crippen LogP contribution >= 0.6 is 0 Å². The summed E-state index contributed by atoms with van der Waals surface area (Å²) in [5, 5.41) is 3.95. The molecule has 0 aliphatic carbocycles. The van der Waals surface area contributed by atoms with Crippen molar-refractivity contribution in [3.63, 3.8) is 0 Å². The molecule has 8 heteroatoms. The highest BCUT2D eigenvalue weighted by Crippen LogP contribution is 2.17. The summed E-state index contributed by atoms with van der Waals surface area (Å²) in [5.41, 5.74) is 0.704. The van der Waals surface area contributed by atoms with Crippen LogP contribution in [0.15, 0.2) is 51.6 Å². The van der Waals surface area contributed by atoms with Crippen LogP contribution in [0.25, 0.3) is 11.4 Å². The summed E-state index contributed by atoms with van der Waals surface area (Å²) in [5.74, 6) is 0.895. The molecule has 26 heavy (non-hydrogen) atoms. The lowest BCUT2D eigenvalue weighted by Gasteiger charge is -2.33. The molecule has 0 bridgehead atoms. The van der Waals surface area contributed by atoms with E-state index in [9.17, 15) is 9.18 Å². The average Bonchev–Trinajstić information content (AvgIpc) is 3.35. The van der Waals surface area contributed by atoms with Gasteiger partial charge in [0, 0.05) is 31.7 Å². The van der Waals surface area contributed by atoms with Crippen molar-refractivity contribution in [2.24, 2.45) is 0 Å². The van der Waals surface area contributed by atoms with Crippen molar-refractivity contribution >= 4 is 5.91 Å². The fraction of sp³-hybridized carbons (Fsp3) is 0.278. The van der Waals surface area contributed by atoms with Crippen LogP contribution in [0, 0.1) is 5.82 Å². The van der Waals surface area contributed by atoms with Crippen LogP contribution in [0.5, 0.6) is 0 Å². The number of carbonyl (C=O) groups is 1. The molecule has 1 aromatic carbocycles. The minimum Gasteiger partial charge on any atom is -0.459 e. The first-order chi connectivity index (χ1) is 12.7. The Kier molecular flexibility index (Phi) is 4.49. The van der Waals surface area contributed by atoms with E-state index in [1.54, 1.807) is 29.2 Å². The van der Waals surface area contributed by atoms with E-state index in [4.69, 9.17) is 8.94 Å². The average molecular weight is 356 g/mol. The van der Waals surface area contributed by atoms with Crippen molar-refractivity contribution < 1.29 is 18.1 Å². The fourth-order valence-electron chi connectivity index (χ4n) is 2.89. The molecule has 0 unspecified atom stereocenters. The van der Waals surface area contributed by atoms with Gasteiger partial charge >= 0.3 is 0 Å². The third-order valence-electron chi connectivity index (χ3n) is 4.32. The summed E-state index contributed by atoms with van der Waals surface area (Å²) in [6.07, 6.45) is 1.50. The standard InChI is InChI=1S/C18H17FN4O3/c19-14-5-3-13(4-6-14)17-20-16(26-21-17)12-22-7-9-23(10-8-22)18(24)15-2-1-11-25-15/h1-6,11H,7-10,12H2. The molecule has 0 atom stereocenters. The number of carbonyl (C=O) groups excluding carboxylic acids is 1. The number of piperazine rings is 1. The minimum absolute atomic E-state index is 0.0916. The lowest BCUT2D eigenvalue weighted by molar-refractivity contribution is 0.0585. The molecule has 1 amide bonds. The van der Waals surface area contributed by atoms with Crippen molar-refractivity contribution in [1.29, 1.82) is 0 Å². The first-order valence-corrected chi connectivity index (χ1v) is 8.33. The van der Waals surface area contributed by atoms with Gasteiger partial charge in [0.1, 0.15) is 5.82 Å². The monoisotopic (exact) mass is 356 g/mol. The van der Waals surface area contributed by atoms with Crippen LogP contribution < -0.4 is 0 Å². The molecule has 3 heterocycles. The van der Waals surface area contributed by atoms with Crippen LogP contribution in [0.3, 0.4) is 0 Å². The van der Waals surface area contributed by atoms with E-state index in [0.29, 0.717) is 55.8 Å². The molecule has 3 aromatic rings. The number of halogens is 1. The van der Waals surface area contributed by atoms with Crippen molar-refractivity contribution in [3.8, 4) is 11.4 Å². The predicted octanol–water partition coefficient (Wildman–Crippen LogP) is 2.43. The van der Waals surface area contributed by atoms with E-state index < -0.39 is 0 Å². The first-order valence-electron chi connectivity index (χ1n) is 8.33. The number of aromatic nitrogens is 2. The predicted molar refractivity (Wildman–Crippen MR) is 89.6 cm³/mol. The van der Waals surface area contributed by atoms with Crippen LogP contribution in [-0.4, -0.2) is 52.0 Å². The molecule has 134 valence electrons. The van der Waals surface area contributed by atoms with Crippen molar-refractivity contribution in [2.45, 2.75) is 6.54 Å². The number of furan rings is 1. The maximum atomic E-state index is 13.0. The van der Waals surface area contributed by atoms with Gasteiger partial charge in [0.05, 0.1) is 12.8 Å². The van der Waals surface area contributed by atoms with Gasteiger partial charge in [0.15, 0.2) is 5.76 Å². The van der Waals surface area contributed by atoms with E-state index in [0.717, 1.165) is 0 Å². The number of rotatable bonds is 4. The summed E-state index contributed by atoms with van der Waals surface area (Å²) in [4.78, 5) is 20.5. The quantitative estimate of drug-likeness (QED) is 0.715. The molecule has 1 aliphatic rings. The SMILES string of the molecule is O=C(c1ccco1)N1CCN(Cc2nc(-c3ccc(F)cc3)no2)CC1. The molecule has 1 saturated heterocycles. The lowest BCUT2D eigenvalue weighted by atomic mass is 10.2. The molecular formula is C18H17FN4O3. The normalized spacial score (nSPS) is 15.3. The van der Waals surface area contributed by atoms with E-state index in [2.05, 4.69) is 15.0 Å². The minimum atomic E-state index is -0.306. The van der Waals surface area contributed by atoms with E-state index in [1.807, 2.05) is 0 Å². The first kappa shape index (κ1) is 16.5. The number of nitrogens with zero attached hydrogens (tertiary/aromatic N) is 4. The summed E-state index contributed by atoms with van der Waals surface area (Å²) in [6, 6.07) is 9.33. The second-order valence-corrected chi connectivity index (χ2v) is 6.06. The molecule has 1 fully saturated rings. The number of hydrogen-bond acceptors (Lipinski definition) is 6. The van der Waals surface area contributed by atoms with Gasteiger partial charge in [-0.3, -0.25) is 9.69 Å². The highest BCUT2D eigenvalue weighted by Gasteiger charge is 2.24. The van der Waals surface area contributed by atoms with E-state index >= 15 is 0 Å². The Morgan fingerprint density at radius 1 is 1.12 bits per heavy atom. The van der Waals surface area contributed by atoms with E-state index in [1.165, 1.54) is 18.4 Å². The molecule has 0 N–H and O–H groups in total. The number of benzene rings is 1. The van der Waals surface area contributed by atoms with Crippen molar-refractivity contribution in [1.82, 2.24) is 19.9 Å².